The molecule has 1 fully saturated rings. The molecule has 10 nitrogen and oxygen atoms in total. The number of piperidine rings is 1. The fourth-order valence-corrected chi connectivity index (χ4v) is 4.40. The quantitative estimate of drug-likeness (QED) is 0.387. The Bertz CT molecular complexity index is 1330. The molecular weight excluding hydrogens is 448 g/mol. The van der Waals surface area contributed by atoms with Gasteiger partial charge in [-0.2, -0.15) is 5.10 Å². The third-order valence-electron chi connectivity index (χ3n) is 6.14. The number of fused-ring (bicyclic) bond motifs is 1. The maximum Gasteiger partial charge on any atom is 0.253 e. The number of anilines is 1. The number of rotatable bonds is 6. The zero-order valence-corrected chi connectivity index (χ0v) is 19.0. The summed E-state index contributed by atoms with van der Waals surface area (Å²) in [5.74, 6) is 1.27. The number of carbonyl (C=O) groups excluding carboxylic acids is 1. The molecule has 2 aromatic carbocycles. The maximum absolute atomic E-state index is 12.4. The van der Waals surface area contributed by atoms with Crippen LogP contribution in [0, 0.1) is 0 Å². The van der Waals surface area contributed by atoms with E-state index in [0.29, 0.717) is 41.4 Å². The van der Waals surface area contributed by atoms with Gasteiger partial charge in [0.25, 0.3) is 5.91 Å². The highest BCUT2D eigenvalue weighted by Crippen LogP contribution is 2.34. The number of nitrogens with two attached hydrogens (primary N) is 1. The molecular formula is C25H26N6O4. The van der Waals surface area contributed by atoms with E-state index in [1.807, 2.05) is 54.6 Å². The summed E-state index contributed by atoms with van der Waals surface area (Å²) in [6.45, 7) is 0.251. The molecule has 0 spiro atoms. The van der Waals surface area contributed by atoms with Crippen LogP contribution in [0.3, 0.4) is 0 Å². The van der Waals surface area contributed by atoms with Crippen molar-refractivity contribution in [3.8, 4) is 22.8 Å². The van der Waals surface area contributed by atoms with E-state index >= 15 is 0 Å². The minimum atomic E-state index is -1.42. The third-order valence-corrected chi connectivity index (χ3v) is 6.14. The molecule has 3 heterocycles. The molecule has 4 aromatic rings. The number of aromatic nitrogens is 4. The number of carbonyl (C=O) groups is 1. The number of amides is 1. The largest absolute Gasteiger partial charge is 0.457 e. The first kappa shape index (κ1) is 22.8. The summed E-state index contributed by atoms with van der Waals surface area (Å²) in [4.78, 5) is 22.6. The smallest absolute Gasteiger partial charge is 0.253 e. The van der Waals surface area contributed by atoms with Crippen LogP contribution in [0.1, 0.15) is 18.9 Å². The standard InChI is InChI=1S/C25H26N6O4/c26-23-21-22(16-8-10-19(11-9-16)35-18-6-2-1-3-7-18)29-31(24(21)28-15-27-23)17-5-4-12-30(13-17)25(34)20(33)14-32/h1-3,6-11,15,17,20,32-33H,4-5,12-14H2,(H2,26,27,28)/t17-,20?/m1/s1. The van der Waals surface area contributed by atoms with E-state index in [-0.39, 0.29) is 6.04 Å². The van der Waals surface area contributed by atoms with Gasteiger partial charge in [-0.1, -0.05) is 18.2 Å². The van der Waals surface area contributed by atoms with Crippen LogP contribution in [0.4, 0.5) is 5.82 Å². The zero-order valence-electron chi connectivity index (χ0n) is 19.0. The Morgan fingerprint density at radius 3 is 2.60 bits per heavy atom. The SMILES string of the molecule is Nc1ncnc2c1c(-c1ccc(Oc3ccccc3)cc1)nn2[C@@H]1CCCN(C(=O)C(O)CO)C1. The van der Waals surface area contributed by atoms with Crippen LogP contribution in [0.25, 0.3) is 22.3 Å². The molecule has 0 radical (unpaired) electrons. The lowest BCUT2D eigenvalue weighted by Crippen LogP contribution is -2.46. The molecule has 35 heavy (non-hydrogen) atoms. The highest BCUT2D eigenvalue weighted by Gasteiger charge is 2.31. The predicted octanol–water partition coefficient (Wildman–Crippen LogP) is 2.38. The molecule has 2 aromatic heterocycles. The van der Waals surface area contributed by atoms with Gasteiger partial charge in [-0.25, -0.2) is 14.6 Å². The van der Waals surface area contributed by atoms with Gasteiger partial charge in [-0.15, -0.1) is 0 Å². The molecule has 1 saturated heterocycles. The van der Waals surface area contributed by atoms with E-state index in [1.54, 1.807) is 9.58 Å². The first-order valence-corrected chi connectivity index (χ1v) is 11.4. The second-order valence-corrected chi connectivity index (χ2v) is 8.47. The van der Waals surface area contributed by atoms with Gasteiger partial charge in [0.15, 0.2) is 11.8 Å². The lowest BCUT2D eigenvalue weighted by atomic mass is 10.1. The molecule has 0 saturated carbocycles. The Morgan fingerprint density at radius 2 is 1.86 bits per heavy atom. The minimum Gasteiger partial charge on any atom is -0.457 e. The average Bonchev–Trinajstić information content (AvgIpc) is 3.30. The Morgan fingerprint density at radius 1 is 1.11 bits per heavy atom. The summed E-state index contributed by atoms with van der Waals surface area (Å²) in [5, 5.41) is 24.5. The van der Waals surface area contributed by atoms with Gasteiger partial charge in [0.1, 0.15) is 29.3 Å². The molecule has 1 amide bonds. The van der Waals surface area contributed by atoms with Gasteiger partial charge in [-0.3, -0.25) is 4.79 Å². The lowest BCUT2D eigenvalue weighted by molar-refractivity contribution is -0.143. The van der Waals surface area contributed by atoms with Crippen molar-refractivity contribution in [3.05, 3.63) is 60.9 Å². The van der Waals surface area contributed by atoms with Crippen LogP contribution in [-0.2, 0) is 4.79 Å². The van der Waals surface area contributed by atoms with Crippen LogP contribution >= 0.6 is 0 Å². The first-order chi connectivity index (χ1) is 17.0. The van der Waals surface area contributed by atoms with Gasteiger partial charge in [0.2, 0.25) is 0 Å². The van der Waals surface area contributed by atoms with Gasteiger partial charge in [-0.05, 0) is 49.2 Å². The van der Waals surface area contributed by atoms with Crippen molar-refractivity contribution >= 4 is 22.8 Å². The number of para-hydroxylation sites is 1. The number of likely N-dealkylation sites (tertiary alicyclic amines) is 1. The fraction of sp³-hybridized carbons (Fsp3) is 0.280. The Labute approximate surface area is 201 Å². The Kier molecular flexibility index (Phi) is 6.30. The summed E-state index contributed by atoms with van der Waals surface area (Å²) in [7, 11) is 0. The number of benzene rings is 2. The van der Waals surface area contributed by atoms with Crippen LogP contribution in [-0.4, -0.2) is 66.6 Å². The average molecular weight is 475 g/mol. The number of hydrogen-bond donors (Lipinski definition) is 3. The second-order valence-electron chi connectivity index (χ2n) is 8.47. The van der Waals surface area contributed by atoms with Crippen LogP contribution < -0.4 is 10.5 Å². The number of hydrogen-bond acceptors (Lipinski definition) is 8. The monoisotopic (exact) mass is 474 g/mol. The summed E-state index contributed by atoms with van der Waals surface area (Å²) in [5.41, 5.74) is 8.30. The minimum absolute atomic E-state index is 0.162. The summed E-state index contributed by atoms with van der Waals surface area (Å²) in [6, 6.07) is 16.9. The summed E-state index contributed by atoms with van der Waals surface area (Å²) in [6.07, 6.45) is 1.49. The number of nitrogen functional groups attached to an aromatic ring is 1. The predicted molar refractivity (Wildman–Crippen MR) is 130 cm³/mol. The van der Waals surface area contributed by atoms with Crippen LogP contribution in [0.15, 0.2) is 60.9 Å². The number of aliphatic hydroxyl groups excluding tert-OH is 2. The Balaban J connectivity index is 1.47. The Hall–Kier alpha value is -4.02. The van der Waals surface area contributed by atoms with Gasteiger partial charge in [0.05, 0.1) is 18.0 Å². The number of nitrogens with zero attached hydrogens (tertiary/aromatic N) is 5. The maximum atomic E-state index is 12.4. The number of ether oxygens (including phenoxy) is 1. The highest BCUT2D eigenvalue weighted by molar-refractivity contribution is 5.98. The van der Waals surface area contributed by atoms with Crippen molar-refractivity contribution in [2.24, 2.45) is 0 Å². The van der Waals surface area contributed by atoms with E-state index in [0.717, 1.165) is 24.2 Å². The molecule has 0 bridgehead atoms. The highest BCUT2D eigenvalue weighted by atomic mass is 16.5. The molecule has 180 valence electrons. The van der Waals surface area contributed by atoms with Gasteiger partial charge < -0.3 is 25.6 Å². The van der Waals surface area contributed by atoms with E-state index in [1.165, 1.54) is 6.33 Å². The van der Waals surface area contributed by atoms with E-state index in [2.05, 4.69) is 9.97 Å². The molecule has 4 N–H and O–H groups in total. The van der Waals surface area contributed by atoms with E-state index < -0.39 is 18.6 Å². The summed E-state index contributed by atoms with van der Waals surface area (Å²) >= 11 is 0. The fourth-order valence-electron chi connectivity index (χ4n) is 4.40. The van der Waals surface area contributed by atoms with E-state index in [9.17, 15) is 9.90 Å². The van der Waals surface area contributed by atoms with Crippen LogP contribution in [0.2, 0.25) is 0 Å². The van der Waals surface area contributed by atoms with Crippen molar-refractivity contribution in [1.82, 2.24) is 24.6 Å². The molecule has 0 aliphatic carbocycles. The van der Waals surface area contributed by atoms with Gasteiger partial charge >= 0.3 is 0 Å². The van der Waals surface area contributed by atoms with Crippen LogP contribution in [0.5, 0.6) is 11.5 Å². The second kappa shape index (κ2) is 9.69. The van der Waals surface area contributed by atoms with E-state index in [4.69, 9.17) is 20.7 Å². The molecule has 2 atom stereocenters. The first-order valence-electron chi connectivity index (χ1n) is 11.4. The number of aliphatic hydroxyl groups is 2. The topological polar surface area (TPSA) is 140 Å². The normalized spacial score (nSPS) is 16.9. The summed E-state index contributed by atoms with van der Waals surface area (Å²) < 4.78 is 7.69. The van der Waals surface area contributed by atoms with Crippen molar-refractivity contribution in [2.75, 3.05) is 25.4 Å². The lowest BCUT2D eigenvalue weighted by Gasteiger charge is -2.33. The van der Waals surface area contributed by atoms with Crippen molar-refractivity contribution in [2.45, 2.75) is 25.0 Å². The van der Waals surface area contributed by atoms with Crippen molar-refractivity contribution in [3.63, 3.8) is 0 Å². The van der Waals surface area contributed by atoms with Crippen molar-refractivity contribution < 1.29 is 19.7 Å². The molecule has 5 rings (SSSR count). The molecule has 10 heteroatoms. The third kappa shape index (κ3) is 4.53. The zero-order chi connectivity index (χ0) is 24.4. The molecule has 1 aliphatic rings. The van der Waals surface area contributed by atoms with Crippen molar-refractivity contribution in [1.29, 1.82) is 0 Å². The molecule has 1 aliphatic heterocycles. The van der Waals surface area contributed by atoms with Gasteiger partial charge in [0, 0.05) is 18.7 Å². The molecule has 1 unspecified atom stereocenters.